The summed E-state index contributed by atoms with van der Waals surface area (Å²) in [4.78, 5) is 0. The molecule has 2 heteroatoms. The number of nitrogens with one attached hydrogen (secondary N) is 1. The summed E-state index contributed by atoms with van der Waals surface area (Å²) >= 11 is 0. The number of hydrogen-bond donors (Lipinski definition) is 1. The van der Waals surface area contributed by atoms with Crippen molar-refractivity contribution < 1.29 is 4.74 Å². The van der Waals surface area contributed by atoms with Crippen LogP contribution in [0.5, 0.6) is 0 Å². The second-order valence-electron chi connectivity index (χ2n) is 4.06. The fourth-order valence-electron chi connectivity index (χ4n) is 2.45. The van der Waals surface area contributed by atoms with Crippen molar-refractivity contribution in [2.24, 2.45) is 0 Å². The standard InChI is InChI=1S/C10H19NO/c1-2-4-9-10(5-3-6-10)12-8-7-11-9/h9,11H,2-8H2,1H3. The van der Waals surface area contributed by atoms with Gasteiger partial charge in [0.25, 0.3) is 0 Å². The van der Waals surface area contributed by atoms with E-state index >= 15 is 0 Å². The Morgan fingerprint density at radius 3 is 2.92 bits per heavy atom. The van der Waals surface area contributed by atoms with Gasteiger partial charge in [-0.1, -0.05) is 13.3 Å². The van der Waals surface area contributed by atoms with Gasteiger partial charge in [-0.25, -0.2) is 0 Å². The van der Waals surface area contributed by atoms with Crippen molar-refractivity contribution >= 4 is 0 Å². The summed E-state index contributed by atoms with van der Waals surface area (Å²) in [7, 11) is 0. The Balaban J connectivity index is 1.97. The minimum Gasteiger partial charge on any atom is -0.372 e. The molecule has 1 heterocycles. The molecule has 2 nitrogen and oxygen atoms in total. The normalized spacial score (nSPS) is 33.2. The van der Waals surface area contributed by atoms with Crippen molar-refractivity contribution in [1.29, 1.82) is 0 Å². The summed E-state index contributed by atoms with van der Waals surface area (Å²) in [5.41, 5.74) is 0.258. The van der Waals surface area contributed by atoms with Gasteiger partial charge in [-0.05, 0) is 25.7 Å². The van der Waals surface area contributed by atoms with Crippen molar-refractivity contribution in [1.82, 2.24) is 5.32 Å². The van der Waals surface area contributed by atoms with Crippen LogP contribution in [-0.2, 0) is 4.74 Å². The van der Waals surface area contributed by atoms with Gasteiger partial charge in [-0.15, -0.1) is 0 Å². The van der Waals surface area contributed by atoms with E-state index < -0.39 is 0 Å². The summed E-state index contributed by atoms with van der Waals surface area (Å²) < 4.78 is 5.90. The van der Waals surface area contributed by atoms with Crippen LogP contribution in [-0.4, -0.2) is 24.8 Å². The third-order valence-electron chi connectivity index (χ3n) is 3.29. The van der Waals surface area contributed by atoms with E-state index in [2.05, 4.69) is 12.2 Å². The summed E-state index contributed by atoms with van der Waals surface area (Å²) in [5, 5.41) is 3.59. The SMILES string of the molecule is CCCC1NCCOC12CCC2. The van der Waals surface area contributed by atoms with Gasteiger partial charge < -0.3 is 10.1 Å². The summed E-state index contributed by atoms with van der Waals surface area (Å²) in [5.74, 6) is 0. The molecule has 0 aromatic heterocycles. The summed E-state index contributed by atoms with van der Waals surface area (Å²) in [6.07, 6.45) is 6.47. The van der Waals surface area contributed by atoms with Gasteiger partial charge in [-0.2, -0.15) is 0 Å². The highest BCUT2D eigenvalue weighted by molar-refractivity contribution is 5.01. The monoisotopic (exact) mass is 169 g/mol. The molecule has 0 radical (unpaired) electrons. The molecule has 1 aliphatic carbocycles. The highest BCUT2D eigenvalue weighted by Gasteiger charge is 2.46. The maximum absolute atomic E-state index is 5.90. The molecule has 0 aromatic carbocycles. The fraction of sp³-hybridized carbons (Fsp3) is 1.00. The van der Waals surface area contributed by atoms with Crippen molar-refractivity contribution in [2.45, 2.75) is 50.7 Å². The van der Waals surface area contributed by atoms with E-state index in [0.717, 1.165) is 13.2 Å². The van der Waals surface area contributed by atoms with Crippen LogP contribution in [0.1, 0.15) is 39.0 Å². The lowest BCUT2D eigenvalue weighted by Gasteiger charge is -2.50. The van der Waals surface area contributed by atoms with Crippen LogP contribution in [0.25, 0.3) is 0 Å². The van der Waals surface area contributed by atoms with Gasteiger partial charge in [0.05, 0.1) is 12.2 Å². The Kier molecular flexibility index (Phi) is 2.37. The number of morpholine rings is 1. The third-order valence-corrected chi connectivity index (χ3v) is 3.29. The first-order valence-corrected chi connectivity index (χ1v) is 5.25. The Hall–Kier alpha value is -0.0800. The predicted octanol–water partition coefficient (Wildman–Crippen LogP) is 1.70. The summed E-state index contributed by atoms with van der Waals surface area (Å²) in [6.45, 7) is 4.22. The molecule has 1 unspecified atom stereocenters. The van der Waals surface area contributed by atoms with Gasteiger partial charge in [0.15, 0.2) is 0 Å². The first-order chi connectivity index (χ1) is 5.87. The predicted molar refractivity (Wildman–Crippen MR) is 49.2 cm³/mol. The second kappa shape index (κ2) is 3.35. The Morgan fingerprint density at radius 1 is 1.50 bits per heavy atom. The topological polar surface area (TPSA) is 21.3 Å². The zero-order valence-corrected chi connectivity index (χ0v) is 7.94. The van der Waals surface area contributed by atoms with E-state index in [4.69, 9.17) is 4.74 Å². The molecule has 0 amide bonds. The average molecular weight is 169 g/mol. The molecule has 0 aromatic rings. The first-order valence-electron chi connectivity index (χ1n) is 5.25. The Morgan fingerprint density at radius 2 is 2.33 bits per heavy atom. The van der Waals surface area contributed by atoms with Crippen molar-refractivity contribution in [3.63, 3.8) is 0 Å². The molecule has 12 heavy (non-hydrogen) atoms. The first kappa shape index (κ1) is 8.52. The Bertz CT molecular complexity index is 152. The van der Waals surface area contributed by atoms with Gasteiger partial charge in [-0.3, -0.25) is 0 Å². The minimum absolute atomic E-state index is 0.258. The molecular formula is C10H19NO. The van der Waals surface area contributed by atoms with Crippen LogP contribution >= 0.6 is 0 Å². The minimum atomic E-state index is 0.258. The van der Waals surface area contributed by atoms with Gasteiger partial charge in [0.2, 0.25) is 0 Å². The van der Waals surface area contributed by atoms with Crippen LogP contribution < -0.4 is 5.32 Å². The van der Waals surface area contributed by atoms with Crippen LogP contribution in [0, 0.1) is 0 Å². The Labute approximate surface area is 74.7 Å². The van der Waals surface area contributed by atoms with Crippen LogP contribution in [0.3, 0.4) is 0 Å². The van der Waals surface area contributed by atoms with E-state index in [1.165, 1.54) is 32.1 Å². The van der Waals surface area contributed by atoms with Crippen LogP contribution in [0.4, 0.5) is 0 Å². The molecule has 1 saturated heterocycles. The lowest BCUT2D eigenvalue weighted by Crippen LogP contribution is -2.61. The van der Waals surface area contributed by atoms with E-state index in [0.29, 0.717) is 6.04 Å². The summed E-state index contributed by atoms with van der Waals surface area (Å²) in [6, 6.07) is 0.644. The average Bonchev–Trinajstić information content (AvgIpc) is 2.03. The van der Waals surface area contributed by atoms with Gasteiger partial charge >= 0.3 is 0 Å². The van der Waals surface area contributed by atoms with Gasteiger partial charge in [0.1, 0.15) is 0 Å². The molecule has 70 valence electrons. The van der Waals surface area contributed by atoms with E-state index in [-0.39, 0.29) is 5.60 Å². The molecule has 2 aliphatic rings. The molecule has 1 atom stereocenters. The second-order valence-corrected chi connectivity index (χ2v) is 4.06. The zero-order chi connectivity index (χ0) is 8.44. The van der Waals surface area contributed by atoms with E-state index in [1.54, 1.807) is 0 Å². The maximum Gasteiger partial charge on any atom is 0.0835 e. The van der Waals surface area contributed by atoms with E-state index in [9.17, 15) is 0 Å². The van der Waals surface area contributed by atoms with Crippen LogP contribution in [0.15, 0.2) is 0 Å². The molecular weight excluding hydrogens is 150 g/mol. The highest BCUT2D eigenvalue weighted by Crippen LogP contribution is 2.41. The van der Waals surface area contributed by atoms with Crippen molar-refractivity contribution in [2.75, 3.05) is 13.2 Å². The molecule has 1 N–H and O–H groups in total. The van der Waals surface area contributed by atoms with Crippen molar-refractivity contribution in [3.8, 4) is 0 Å². The quantitative estimate of drug-likeness (QED) is 0.679. The zero-order valence-electron chi connectivity index (χ0n) is 7.94. The molecule has 2 rings (SSSR count). The highest BCUT2D eigenvalue weighted by atomic mass is 16.5. The van der Waals surface area contributed by atoms with E-state index in [1.807, 2.05) is 0 Å². The third kappa shape index (κ3) is 1.27. The van der Waals surface area contributed by atoms with Crippen LogP contribution in [0.2, 0.25) is 0 Å². The lowest BCUT2D eigenvalue weighted by molar-refractivity contribution is -0.145. The molecule has 1 aliphatic heterocycles. The molecule has 0 bridgehead atoms. The number of hydrogen-bond acceptors (Lipinski definition) is 2. The smallest absolute Gasteiger partial charge is 0.0835 e. The molecule has 2 fully saturated rings. The maximum atomic E-state index is 5.90. The molecule has 1 spiro atoms. The lowest BCUT2D eigenvalue weighted by atomic mass is 9.72. The number of rotatable bonds is 2. The van der Waals surface area contributed by atoms with Crippen molar-refractivity contribution in [3.05, 3.63) is 0 Å². The molecule has 1 saturated carbocycles. The largest absolute Gasteiger partial charge is 0.372 e. The fourth-order valence-corrected chi connectivity index (χ4v) is 2.45. The number of ether oxygens (including phenoxy) is 1. The van der Waals surface area contributed by atoms with Gasteiger partial charge in [0, 0.05) is 12.6 Å².